The number of amides is 2. The molecule has 0 aliphatic carbocycles. The normalized spacial score (nSPS) is 10.7. The predicted octanol–water partition coefficient (Wildman–Crippen LogP) is 2.68. The monoisotopic (exact) mass is 356 g/mol. The lowest BCUT2D eigenvalue weighted by Gasteiger charge is -2.23. The molecule has 2 amide bonds. The van der Waals surface area contributed by atoms with Crippen molar-refractivity contribution in [2.24, 2.45) is 0 Å². The second-order valence-corrected chi connectivity index (χ2v) is 6.33. The van der Waals surface area contributed by atoms with Crippen molar-refractivity contribution in [2.45, 2.75) is 34.1 Å². The average Bonchev–Trinajstić information content (AvgIpc) is 3.06. The first-order valence-electron chi connectivity index (χ1n) is 9.10. The summed E-state index contributed by atoms with van der Waals surface area (Å²) in [6, 6.07) is 8.02. The lowest BCUT2D eigenvalue weighted by atomic mass is 10.1. The van der Waals surface area contributed by atoms with E-state index in [1.165, 1.54) is 10.5 Å². The first-order chi connectivity index (χ1) is 12.4. The maximum Gasteiger partial charge on any atom is 0.257 e. The minimum Gasteiger partial charge on any atom is -0.342 e. The molecular weight excluding hydrogens is 328 g/mol. The highest BCUT2D eigenvalue weighted by atomic mass is 16.2. The summed E-state index contributed by atoms with van der Waals surface area (Å²) in [5, 5.41) is 4.41. The molecule has 2 aromatic rings. The lowest BCUT2D eigenvalue weighted by molar-refractivity contribution is -0.131. The molecule has 6 heteroatoms. The Bertz CT molecular complexity index is 761. The summed E-state index contributed by atoms with van der Waals surface area (Å²) < 4.78 is 1.80. The molecule has 1 aromatic heterocycles. The summed E-state index contributed by atoms with van der Waals surface area (Å²) >= 11 is 0. The Morgan fingerprint density at radius 3 is 2.23 bits per heavy atom. The van der Waals surface area contributed by atoms with Gasteiger partial charge in [-0.3, -0.25) is 9.59 Å². The van der Waals surface area contributed by atoms with Gasteiger partial charge in [-0.05, 0) is 39.3 Å². The van der Waals surface area contributed by atoms with Crippen molar-refractivity contribution >= 4 is 11.8 Å². The second kappa shape index (κ2) is 8.65. The third-order valence-corrected chi connectivity index (χ3v) is 4.55. The fraction of sp³-hybridized carbons (Fsp3) is 0.450. The summed E-state index contributed by atoms with van der Waals surface area (Å²) in [5.74, 6) is -0.226. The quantitative estimate of drug-likeness (QED) is 0.766. The zero-order valence-electron chi connectivity index (χ0n) is 16.3. The molecule has 0 spiro atoms. The minimum atomic E-state index is -0.180. The van der Waals surface area contributed by atoms with Gasteiger partial charge in [-0.2, -0.15) is 5.10 Å². The number of likely N-dealkylation sites (N-methyl/N-ethyl adjacent to an activating group) is 2. The van der Waals surface area contributed by atoms with Crippen LogP contribution in [-0.2, 0) is 11.2 Å². The van der Waals surface area contributed by atoms with Gasteiger partial charge in [0.2, 0.25) is 5.91 Å². The Balaban J connectivity index is 2.24. The molecule has 2 rings (SSSR count). The number of carbonyl (C=O) groups is 2. The smallest absolute Gasteiger partial charge is 0.257 e. The first kappa shape index (κ1) is 19.7. The van der Waals surface area contributed by atoms with Crippen LogP contribution >= 0.6 is 0 Å². The summed E-state index contributed by atoms with van der Waals surface area (Å²) in [6.07, 6.45) is 2.27. The van der Waals surface area contributed by atoms with Gasteiger partial charge in [0, 0.05) is 20.1 Å². The van der Waals surface area contributed by atoms with E-state index in [0.29, 0.717) is 25.1 Å². The van der Waals surface area contributed by atoms with E-state index in [2.05, 4.69) is 5.10 Å². The molecule has 0 saturated heterocycles. The zero-order chi connectivity index (χ0) is 19.3. The third-order valence-electron chi connectivity index (χ3n) is 4.55. The van der Waals surface area contributed by atoms with Gasteiger partial charge in [0.1, 0.15) is 0 Å². The van der Waals surface area contributed by atoms with Crippen molar-refractivity contribution in [3.05, 3.63) is 47.3 Å². The number of hydrogen-bond acceptors (Lipinski definition) is 3. The van der Waals surface area contributed by atoms with Crippen molar-refractivity contribution in [2.75, 3.05) is 26.7 Å². The number of aryl methyl sites for hydroxylation is 1. The highest BCUT2D eigenvalue weighted by Crippen LogP contribution is 2.18. The molecule has 0 aliphatic heterocycles. The Hall–Kier alpha value is -2.63. The molecule has 0 bridgehead atoms. The number of carbonyl (C=O) groups excluding carboxylic acids is 2. The number of rotatable bonds is 7. The highest BCUT2D eigenvalue weighted by Gasteiger charge is 2.22. The summed E-state index contributed by atoms with van der Waals surface area (Å²) in [4.78, 5) is 28.3. The molecule has 0 atom stereocenters. The van der Waals surface area contributed by atoms with Crippen LogP contribution in [0.4, 0.5) is 0 Å². The summed E-state index contributed by atoms with van der Waals surface area (Å²) in [7, 11) is 1.66. The van der Waals surface area contributed by atoms with E-state index in [-0.39, 0.29) is 18.4 Å². The van der Waals surface area contributed by atoms with Crippen LogP contribution in [-0.4, -0.2) is 58.1 Å². The van der Waals surface area contributed by atoms with E-state index in [9.17, 15) is 9.59 Å². The van der Waals surface area contributed by atoms with Gasteiger partial charge in [0.15, 0.2) is 0 Å². The Morgan fingerprint density at radius 2 is 1.69 bits per heavy atom. The molecule has 0 unspecified atom stereocenters. The minimum absolute atomic E-state index is 0.0465. The van der Waals surface area contributed by atoms with E-state index in [1.54, 1.807) is 22.8 Å². The molecule has 0 saturated carbocycles. The molecule has 0 fully saturated rings. The second-order valence-electron chi connectivity index (χ2n) is 6.33. The van der Waals surface area contributed by atoms with Crippen LogP contribution < -0.4 is 0 Å². The molecule has 0 N–H and O–H groups in total. The van der Waals surface area contributed by atoms with E-state index in [1.807, 2.05) is 52.0 Å². The zero-order valence-corrected chi connectivity index (χ0v) is 16.3. The molecule has 1 heterocycles. The number of nitrogens with zero attached hydrogens (tertiary/aromatic N) is 4. The van der Waals surface area contributed by atoms with Crippen molar-refractivity contribution in [3.8, 4) is 5.69 Å². The van der Waals surface area contributed by atoms with Crippen LogP contribution in [0.1, 0.15) is 42.4 Å². The van der Waals surface area contributed by atoms with Crippen LogP contribution in [0, 0.1) is 6.92 Å². The van der Waals surface area contributed by atoms with E-state index >= 15 is 0 Å². The summed E-state index contributed by atoms with van der Waals surface area (Å²) in [6.45, 7) is 9.25. The van der Waals surface area contributed by atoms with E-state index in [4.69, 9.17) is 0 Å². The molecular formula is C20H28N4O2. The summed E-state index contributed by atoms with van der Waals surface area (Å²) in [5.41, 5.74) is 3.49. The van der Waals surface area contributed by atoms with Crippen LogP contribution in [0.5, 0.6) is 0 Å². The predicted molar refractivity (Wildman–Crippen MR) is 103 cm³/mol. The van der Waals surface area contributed by atoms with E-state index in [0.717, 1.165) is 11.4 Å². The van der Waals surface area contributed by atoms with Gasteiger partial charge in [-0.25, -0.2) is 4.68 Å². The van der Waals surface area contributed by atoms with Gasteiger partial charge in [-0.15, -0.1) is 0 Å². The molecule has 0 radical (unpaired) electrons. The maximum atomic E-state index is 12.9. The van der Waals surface area contributed by atoms with Crippen LogP contribution in [0.25, 0.3) is 5.69 Å². The van der Waals surface area contributed by atoms with Gasteiger partial charge in [0.05, 0.1) is 29.7 Å². The Labute approximate surface area is 155 Å². The average molecular weight is 356 g/mol. The van der Waals surface area contributed by atoms with E-state index < -0.39 is 0 Å². The van der Waals surface area contributed by atoms with Crippen LogP contribution in [0.2, 0.25) is 0 Å². The number of benzene rings is 1. The van der Waals surface area contributed by atoms with Crippen molar-refractivity contribution in [1.82, 2.24) is 19.6 Å². The lowest BCUT2D eigenvalue weighted by Crippen LogP contribution is -2.41. The van der Waals surface area contributed by atoms with Crippen LogP contribution in [0.3, 0.4) is 0 Å². The molecule has 1 aromatic carbocycles. The van der Waals surface area contributed by atoms with Gasteiger partial charge < -0.3 is 9.80 Å². The van der Waals surface area contributed by atoms with Crippen molar-refractivity contribution in [1.29, 1.82) is 0 Å². The van der Waals surface area contributed by atoms with Gasteiger partial charge in [0.25, 0.3) is 5.91 Å². The van der Waals surface area contributed by atoms with Crippen LogP contribution in [0.15, 0.2) is 30.5 Å². The molecule has 6 nitrogen and oxygen atoms in total. The number of hydrogen-bond donors (Lipinski definition) is 0. The molecule has 26 heavy (non-hydrogen) atoms. The topological polar surface area (TPSA) is 58.4 Å². The first-order valence-corrected chi connectivity index (χ1v) is 9.10. The fourth-order valence-corrected chi connectivity index (χ4v) is 2.96. The van der Waals surface area contributed by atoms with Gasteiger partial charge >= 0.3 is 0 Å². The third kappa shape index (κ3) is 4.12. The highest BCUT2D eigenvalue weighted by molar-refractivity contribution is 5.97. The fourth-order valence-electron chi connectivity index (χ4n) is 2.96. The Kier molecular flexibility index (Phi) is 6.55. The Morgan fingerprint density at radius 1 is 1.08 bits per heavy atom. The van der Waals surface area contributed by atoms with Crippen molar-refractivity contribution < 1.29 is 9.59 Å². The SMILES string of the molecule is CCc1c(C(=O)N(C)CC(=O)N(CC)CC)cnn1-c1ccc(C)cc1. The van der Waals surface area contributed by atoms with Crippen molar-refractivity contribution in [3.63, 3.8) is 0 Å². The number of aromatic nitrogens is 2. The van der Waals surface area contributed by atoms with Gasteiger partial charge in [-0.1, -0.05) is 24.6 Å². The molecule has 140 valence electrons. The largest absolute Gasteiger partial charge is 0.342 e. The standard InChI is InChI=1S/C20H28N4O2/c1-6-18-17(13-21-24(18)16-11-9-15(4)10-12-16)20(26)22(5)14-19(25)23(7-2)8-3/h9-13H,6-8,14H2,1-5H3. The molecule has 0 aliphatic rings. The maximum absolute atomic E-state index is 12.9.